The van der Waals surface area contributed by atoms with E-state index in [9.17, 15) is 14.0 Å². The lowest BCUT2D eigenvalue weighted by molar-refractivity contribution is -0.120. The van der Waals surface area contributed by atoms with E-state index < -0.39 is 11.7 Å². The molecular weight excluding hydrogens is 271 g/mol. The number of nitrogens with one attached hydrogen (secondary N) is 2. The Hall–Kier alpha value is -1.60. The van der Waals surface area contributed by atoms with Gasteiger partial charge in [0.1, 0.15) is 5.82 Å². The number of carbonyl (C=O) groups is 2. The molecule has 0 fully saturated rings. The smallest absolute Gasteiger partial charge is 0.251 e. The first-order chi connectivity index (χ1) is 9.04. The van der Waals surface area contributed by atoms with Crippen LogP contribution >= 0.6 is 12.6 Å². The van der Waals surface area contributed by atoms with E-state index in [1.807, 2.05) is 0 Å². The Bertz CT molecular complexity index is 468. The summed E-state index contributed by atoms with van der Waals surface area (Å²) < 4.78 is 17.7. The first-order valence-corrected chi connectivity index (χ1v) is 6.01. The SMILES string of the molecule is COCCNC(=O)CNC(=O)c1ccc(F)c(S)c1. The summed E-state index contributed by atoms with van der Waals surface area (Å²) >= 11 is 3.88. The lowest BCUT2D eigenvalue weighted by Crippen LogP contribution is -2.38. The van der Waals surface area contributed by atoms with Crippen molar-refractivity contribution in [3.05, 3.63) is 29.6 Å². The number of hydrogen-bond donors (Lipinski definition) is 3. The summed E-state index contributed by atoms with van der Waals surface area (Å²) in [7, 11) is 1.53. The number of rotatable bonds is 6. The topological polar surface area (TPSA) is 67.4 Å². The second-order valence-electron chi connectivity index (χ2n) is 3.69. The Kier molecular flexibility index (Phi) is 6.31. The third-order valence-electron chi connectivity index (χ3n) is 2.25. The Labute approximate surface area is 115 Å². The van der Waals surface area contributed by atoms with Gasteiger partial charge in [0, 0.05) is 24.1 Å². The fourth-order valence-electron chi connectivity index (χ4n) is 1.27. The van der Waals surface area contributed by atoms with Gasteiger partial charge < -0.3 is 15.4 Å². The lowest BCUT2D eigenvalue weighted by Gasteiger charge is -2.07. The Morgan fingerprint density at radius 1 is 1.37 bits per heavy atom. The number of ether oxygens (including phenoxy) is 1. The average molecular weight is 286 g/mol. The van der Waals surface area contributed by atoms with E-state index in [2.05, 4.69) is 23.3 Å². The molecule has 0 saturated heterocycles. The van der Waals surface area contributed by atoms with Crippen LogP contribution in [0.25, 0.3) is 0 Å². The summed E-state index contributed by atoms with van der Waals surface area (Å²) in [4.78, 5) is 23.1. The number of carbonyl (C=O) groups excluding carboxylic acids is 2. The number of amides is 2. The molecule has 1 rings (SSSR count). The minimum Gasteiger partial charge on any atom is -0.383 e. The fourth-order valence-corrected chi connectivity index (χ4v) is 1.49. The van der Waals surface area contributed by atoms with Crippen molar-refractivity contribution in [2.75, 3.05) is 26.8 Å². The van der Waals surface area contributed by atoms with Gasteiger partial charge in [-0.25, -0.2) is 4.39 Å². The highest BCUT2D eigenvalue weighted by molar-refractivity contribution is 7.80. The van der Waals surface area contributed by atoms with Crippen LogP contribution in [0.1, 0.15) is 10.4 Å². The Morgan fingerprint density at radius 2 is 2.11 bits per heavy atom. The molecule has 2 amide bonds. The van der Waals surface area contributed by atoms with Crippen molar-refractivity contribution in [2.24, 2.45) is 0 Å². The number of methoxy groups -OCH3 is 1. The van der Waals surface area contributed by atoms with Gasteiger partial charge in [-0.15, -0.1) is 12.6 Å². The van der Waals surface area contributed by atoms with Crippen LogP contribution in [0.3, 0.4) is 0 Å². The Morgan fingerprint density at radius 3 is 2.74 bits per heavy atom. The first-order valence-electron chi connectivity index (χ1n) is 5.57. The van der Waals surface area contributed by atoms with Crippen molar-refractivity contribution in [1.29, 1.82) is 0 Å². The van der Waals surface area contributed by atoms with Crippen molar-refractivity contribution >= 4 is 24.4 Å². The van der Waals surface area contributed by atoms with Crippen LogP contribution in [-0.2, 0) is 9.53 Å². The summed E-state index contributed by atoms with van der Waals surface area (Å²) in [6.07, 6.45) is 0. The van der Waals surface area contributed by atoms with Gasteiger partial charge in [-0.2, -0.15) is 0 Å². The quantitative estimate of drug-likeness (QED) is 0.530. The zero-order valence-corrected chi connectivity index (χ0v) is 11.3. The minimum absolute atomic E-state index is 0.0807. The van der Waals surface area contributed by atoms with E-state index in [-0.39, 0.29) is 22.9 Å². The van der Waals surface area contributed by atoms with Crippen LogP contribution in [0.2, 0.25) is 0 Å². The maximum atomic E-state index is 13.0. The molecule has 0 aromatic heterocycles. The van der Waals surface area contributed by atoms with Crippen molar-refractivity contribution in [3.63, 3.8) is 0 Å². The number of benzene rings is 1. The number of halogens is 1. The lowest BCUT2D eigenvalue weighted by atomic mass is 10.2. The summed E-state index contributed by atoms with van der Waals surface area (Å²) in [5, 5.41) is 4.98. The molecule has 5 nitrogen and oxygen atoms in total. The van der Waals surface area contributed by atoms with Gasteiger partial charge in [0.05, 0.1) is 13.2 Å². The standard InChI is InChI=1S/C12H15FN2O3S/c1-18-5-4-14-11(16)7-15-12(17)8-2-3-9(13)10(19)6-8/h2-3,6,19H,4-5,7H2,1H3,(H,14,16)(H,15,17). The fraction of sp³-hybridized carbons (Fsp3) is 0.333. The zero-order valence-electron chi connectivity index (χ0n) is 10.4. The van der Waals surface area contributed by atoms with Gasteiger partial charge >= 0.3 is 0 Å². The molecule has 1 aromatic rings. The summed E-state index contributed by atoms with van der Waals surface area (Å²) in [5.41, 5.74) is 0.246. The highest BCUT2D eigenvalue weighted by Crippen LogP contribution is 2.13. The minimum atomic E-state index is -0.503. The van der Waals surface area contributed by atoms with Crippen molar-refractivity contribution in [2.45, 2.75) is 4.90 Å². The normalized spacial score (nSPS) is 10.1. The summed E-state index contributed by atoms with van der Waals surface area (Å²) in [6.45, 7) is 0.630. The zero-order chi connectivity index (χ0) is 14.3. The van der Waals surface area contributed by atoms with Crippen molar-refractivity contribution in [3.8, 4) is 0 Å². The van der Waals surface area contributed by atoms with Crippen LogP contribution in [0.15, 0.2) is 23.1 Å². The predicted octanol–water partition coefficient (Wildman–Crippen LogP) is 0.607. The summed E-state index contributed by atoms with van der Waals surface area (Å²) in [5.74, 6) is -1.28. The average Bonchev–Trinajstić information content (AvgIpc) is 2.39. The van der Waals surface area contributed by atoms with Crippen molar-refractivity contribution in [1.82, 2.24) is 10.6 Å². The maximum Gasteiger partial charge on any atom is 0.251 e. The molecule has 0 aliphatic heterocycles. The van der Waals surface area contributed by atoms with E-state index in [1.165, 1.54) is 19.2 Å². The predicted molar refractivity (Wildman–Crippen MR) is 70.9 cm³/mol. The number of hydrogen-bond acceptors (Lipinski definition) is 4. The molecule has 0 radical (unpaired) electrons. The second-order valence-corrected chi connectivity index (χ2v) is 4.17. The van der Waals surface area contributed by atoms with E-state index in [0.29, 0.717) is 13.2 Å². The van der Waals surface area contributed by atoms with Gasteiger partial charge in [0.15, 0.2) is 0 Å². The molecule has 0 saturated carbocycles. The maximum absolute atomic E-state index is 13.0. The van der Waals surface area contributed by atoms with E-state index in [0.717, 1.165) is 6.07 Å². The van der Waals surface area contributed by atoms with E-state index in [1.54, 1.807) is 0 Å². The molecule has 7 heteroatoms. The molecule has 0 aliphatic carbocycles. The molecule has 1 aromatic carbocycles. The third kappa shape index (κ3) is 5.27. The molecule has 0 aliphatic rings. The van der Waals surface area contributed by atoms with Crippen LogP contribution in [0.5, 0.6) is 0 Å². The Balaban J connectivity index is 2.42. The number of thiol groups is 1. The molecule has 104 valence electrons. The van der Waals surface area contributed by atoms with Gasteiger partial charge in [-0.05, 0) is 18.2 Å². The second kappa shape index (κ2) is 7.75. The molecule has 0 atom stereocenters. The monoisotopic (exact) mass is 286 g/mol. The molecule has 0 heterocycles. The largest absolute Gasteiger partial charge is 0.383 e. The first kappa shape index (κ1) is 15.5. The van der Waals surface area contributed by atoms with E-state index >= 15 is 0 Å². The highest BCUT2D eigenvalue weighted by atomic mass is 32.1. The van der Waals surface area contributed by atoms with E-state index in [4.69, 9.17) is 4.74 Å². The van der Waals surface area contributed by atoms with Crippen molar-refractivity contribution < 1.29 is 18.7 Å². The third-order valence-corrected chi connectivity index (χ3v) is 2.59. The molecular formula is C12H15FN2O3S. The van der Waals surface area contributed by atoms with Gasteiger partial charge in [-0.3, -0.25) is 9.59 Å². The van der Waals surface area contributed by atoms with Crippen LogP contribution in [0.4, 0.5) is 4.39 Å². The van der Waals surface area contributed by atoms with Crippen LogP contribution < -0.4 is 10.6 Å². The van der Waals surface area contributed by atoms with Gasteiger partial charge in [-0.1, -0.05) is 0 Å². The highest BCUT2D eigenvalue weighted by Gasteiger charge is 2.09. The molecule has 0 bridgehead atoms. The molecule has 0 unspecified atom stereocenters. The van der Waals surface area contributed by atoms with Gasteiger partial charge in [0.2, 0.25) is 5.91 Å². The summed E-state index contributed by atoms with van der Waals surface area (Å²) in [6, 6.07) is 3.78. The molecule has 19 heavy (non-hydrogen) atoms. The molecule has 0 spiro atoms. The van der Waals surface area contributed by atoms with Crippen LogP contribution in [-0.4, -0.2) is 38.6 Å². The van der Waals surface area contributed by atoms with Crippen LogP contribution in [0, 0.1) is 5.82 Å². The molecule has 2 N–H and O–H groups in total. The van der Waals surface area contributed by atoms with Gasteiger partial charge in [0.25, 0.3) is 5.91 Å².